The number of hydrogen-bond acceptors (Lipinski definition) is 4. The third kappa shape index (κ3) is 3.81. The molecule has 0 heterocycles. The zero-order valence-corrected chi connectivity index (χ0v) is 16.7. The fourth-order valence-corrected chi connectivity index (χ4v) is 3.51. The van der Waals surface area contributed by atoms with E-state index in [2.05, 4.69) is 5.32 Å². The number of rotatable bonds is 4. The number of carbonyl (C=O) groups excluding carboxylic acids is 1. The summed E-state index contributed by atoms with van der Waals surface area (Å²) in [7, 11) is -4.29. The number of benzene rings is 3. The van der Waals surface area contributed by atoms with E-state index >= 15 is 0 Å². The van der Waals surface area contributed by atoms with Crippen molar-refractivity contribution in [2.45, 2.75) is 11.8 Å². The molecule has 1 amide bonds. The van der Waals surface area contributed by atoms with Crippen molar-refractivity contribution >= 4 is 66.7 Å². The van der Waals surface area contributed by atoms with E-state index in [0.717, 1.165) is 11.1 Å². The molecule has 0 saturated carbocycles. The lowest BCUT2D eigenvalue weighted by atomic mass is 10.1. The highest BCUT2D eigenvalue weighted by Crippen LogP contribution is 2.38. The maximum atomic E-state index is 11.8. The average molecular weight is 482 g/mol. The van der Waals surface area contributed by atoms with Crippen molar-refractivity contribution in [1.29, 1.82) is 0 Å². The Hall–Kier alpha value is -2.17. The number of halogens is 1. The van der Waals surface area contributed by atoms with Crippen molar-refractivity contribution < 1.29 is 17.8 Å². The van der Waals surface area contributed by atoms with Gasteiger partial charge in [0.1, 0.15) is 0 Å². The maximum Gasteiger partial charge on any atom is 0.294 e. The summed E-state index contributed by atoms with van der Waals surface area (Å²) >= 11 is 1.93. The minimum atomic E-state index is -4.29. The van der Waals surface area contributed by atoms with Gasteiger partial charge in [-0.25, -0.2) is 0 Å². The van der Waals surface area contributed by atoms with E-state index in [1.165, 1.54) is 22.2 Å². The Kier molecular flexibility index (Phi) is 5.17. The van der Waals surface area contributed by atoms with E-state index < -0.39 is 10.1 Å². The highest BCUT2D eigenvalue weighted by Gasteiger charge is 2.17. The van der Waals surface area contributed by atoms with Crippen molar-refractivity contribution in [3.63, 3.8) is 0 Å². The number of fused-ring (bicyclic) bond motifs is 1. The molecule has 0 aliphatic heterocycles. The number of nitrogens with one attached hydrogen (secondary N) is 1. The monoisotopic (exact) mass is 482 g/mol. The molecule has 0 atom stereocenters. The van der Waals surface area contributed by atoms with Gasteiger partial charge in [-0.15, -0.1) is 0 Å². The highest BCUT2D eigenvalue weighted by atomic mass is 127. The number of carbonyl (C=O) groups is 1. The number of amides is 1. The van der Waals surface area contributed by atoms with Crippen LogP contribution in [0.2, 0.25) is 0 Å². The van der Waals surface area contributed by atoms with Gasteiger partial charge in [-0.05, 0) is 35.7 Å². The van der Waals surface area contributed by atoms with Crippen LogP contribution in [-0.2, 0) is 14.9 Å². The van der Waals surface area contributed by atoms with Gasteiger partial charge in [0.25, 0.3) is 10.1 Å². The Morgan fingerprint density at radius 1 is 1.08 bits per heavy atom. The molecule has 0 aromatic heterocycles. The minimum absolute atomic E-state index is 0.143. The number of anilines is 3. The topological polar surface area (TPSA) is 86.7 Å². The third-order valence-corrected chi connectivity index (χ3v) is 5.85. The van der Waals surface area contributed by atoms with Crippen LogP contribution in [-0.4, -0.2) is 18.9 Å². The molecule has 6 nitrogen and oxygen atoms in total. The molecule has 0 aliphatic carbocycles. The van der Waals surface area contributed by atoms with E-state index in [1.807, 2.05) is 53.2 Å². The summed E-state index contributed by atoms with van der Waals surface area (Å²) in [6.07, 6.45) is 0. The van der Waals surface area contributed by atoms with Crippen molar-refractivity contribution in [1.82, 2.24) is 0 Å². The Morgan fingerprint density at radius 3 is 2.38 bits per heavy atom. The van der Waals surface area contributed by atoms with Crippen LogP contribution in [0.25, 0.3) is 10.8 Å². The van der Waals surface area contributed by atoms with Crippen LogP contribution in [0.4, 0.5) is 17.1 Å². The molecule has 2 N–H and O–H groups in total. The molecule has 0 spiro atoms. The molecule has 0 radical (unpaired) electrons. The summed E-state index contributed by atoms with van der Waals surface area (Å²) in [4.78, 5) is 11.7. The Balaban J connectivity index is 2.23. The van der Waals surface area contributed by atoms with Crippen molar-refractivity contribution in [3.05, 3.63) is 60.7 Å². The first kappa shape index (κ1) is 18.6. The van der Waals surface area contributed by atoms with E-state index in [1.54, 1.807) is 18.2 Å². The van der Waals surface area contributed by atoms with E-state index in [-0.39, 0.29) is 10.8 Å². The van der Waals surface area contributed by atoms with Gasteiger partial charge in [0.2, 0.25) is 5.91 Å². The van der Waals surface area contributed by atoms with Crippen molar-refractivity contribution in [2.75, 3.05) is 8.43 Å². The van der Waals surface area contributed by atoms with Gasteiger partial charge in [0.15, 0.2) is 0 Å². The van der Waals surface area contributed by atoms with Gasteiger partial charge < -0.3 is 5.32 Å². The second kappa shape index (κ2) is 7.22. The van der Waals surface area contributed by atoms with E-state index in [4.69, 9.17) is 0 Å². The quantitative estimate of drug-likeness (QED) is 0.324. The van der Waals surface area contributed by atoms with Gasteiger partial charge in [0.05, 0.1) is 39.1 Å². The molecule has 3 rings (SSSR count). The highest BCUT2D eigenvalue weighted by molar-refractivity contribution is 14.1. The van der Waals surface area contributed by atoms with Gasteiger partial charge in [-0.1, -0.05) is 30.3 Å². The molecule has 134 valence electrons. The normalized spacial score (nSPS) is 11.3. The van der Waals surface area contributed by atoms with Crippen molar-refractivity contribution in [2.24, 2.45) is 0 Å². The molecule has 0 saturated heterocycles. The number of hydrogen-bond donors (Lipinski definition) is 2. The zero-order chi connectivity index (χ0) is 18.9. The maximum absolute atomic E-state index is 11.8. The molecule has 8 heteroatoms. The molecule has 0 fully saturated rings. The molecule has 0 bridgehead atoms. The predicted octanol–water partition coefficient (Wildman–Crippen LogP) is 4.53. The zero-order valence-electron chi connectivity index (χ0n) is 13.7. The molecular weight excluding hydrogens is 467 g/mol. The first-order chi connectivity index (χ1) is 12.3. The number of nitrogens with zero attached hydrogens (tertiary/aromatic N) is 1. The first-order valence-corrected chi connectivity index (χ1v) is 10.0. The van der Waals surface area contributed by atoms with Crippen LogP contribution >= 0.6 is 22.9 Å². The first-order valence-electron chi connectivity index (χ1n) is 7.60. The molecule has 0 aliphatic rings. The van der Waals surface area contributed by atoms with Crippen LogP contribution < -0.4 is 8.43 Å². The van der Waals surface area contributed by atoms with E-state index in [0.29, 0.717) is 16.8 Å². The standard InChI is InChI=1S/C18H15IN2O4S/c1-12(22)21(19)17-10-7-13-11-15(26(23,24)25)8-9-16(13)18(17)20-14-5-3-2-4-6-14/h2-11,20H,1H3,(H,23,24,25). The van der Waals surface area contributed by atoms with Gasteiger partial charge >= 0.3 is 0 Å². The fourth-order valence-electron chi connectivity index (χ4n) is 2.59. The summed E-state index contributed by atoms with van der Waals surface area (Å²) in [5, 5.41) is 4.64. The lowest BCUT2D eigenvalue weighted by molar-refractivity contribution is -0.115. The second-order valence-electron chi connectivity index (χ2n) is 5.61. The van der Waals surface area contributed by atoms with Gasteiger partial charge in [0, 0.05) is 18.0 Å². The third-order valence-electron chi connectivity index (χ3n) is 3.80. The average Bonchev–Trinajstić information content (AvgIpc) is 2.61. The fraction of sp³-hybridized carbons (Fsp3) is 0.0556. The molecule has 3 aromatic rings. The van der Waals surface area contributed by atoms with Crippen LogP contribution in [0.5, 0.6) is 0 Å². The summed E-state index contributed by atoms with van der Waals surface area (Å²) in [5.41, 5.74) is 2.14. The van der Waals surface area contributed by atoms with Crippen molar-refractivity contribution in [3.8, 4) is 0 Å². The summed E-state index contributed by atoms with van der Waals surface area (Å²) in [6.45, 7) is 1.46. The molecule has 26 heavy (non-hydrogen) atoms. The van der Waals surface area contributed by atoms with E-state index in [9.17, 15) is 17.8 Å². The lowest BCUT2D eigenvalue weighted by Gasteiger charge is -2.20. The van der Waals surface area contributed by atoms with Crippen LogP contribution in [0, 0.1) is 0 Å². The summed E-state index contributed by atoms with van der Waals surface area (Å²) < 4.78 is 33.6. The minimum Gasteiger partial charge on any atom is -0.353 e. The smallest absolute Gasteiger partial charge is 0.294 e. The van der Waals surface area contributed by atoms with Crippen LogP contribution in [0.1, 0.15) is 6.92 Å². The van der Waals surface area contributed by atoms with Crippen LogP contribution in [0.15, 0.2) is 65.6 Å². The lowest BCUT2D eigenvalue weighted by Crippen LogP contribution is -2.17. The summed E-state index contributed by atoms with van der Waals surface area (Å²) in [6, 6.07) is 17.2. The van der Waals surface area contributed by atoms with Gasteiger partial charge in [-0.2, -0.15) is 8.42 Å². The van der Waals surface area contributed by atoms with Gasteiger partial charge in [-0.3, -0.25) is 12.5 Å². The molecular formula is C18H15IN2O4S. The predicted molar refractivity (Wildman–Crippen MR) is 111 cm³/mol. The number of para-hydroxylation sites is 1. The second-order valence-corrected chi connectivity index (χ2v) is 7.99. The Bertz CT molecular complexity index is 1090. The molecule has 3 aromatic carbocycles. The molecule has 0 unspecified atom stereocenters. The Labute approximate surface area is 165 Å². The largest absolute Gasteiger partial charge is 0.353 e. The van der Waals surface area contributed by atoms with Crippen LogP contribution in [0.3, 0.4) is 0 Å². The SMILES string of the molecule is CC(=O)N(I)c1ccc2cc(S(=O)(=O)O)ccc2c1Nc1ccccc1. The summed E-state index contributed by atoms with van der Waals surface area (Å²) in [5.74, 6) is -0.143. The Morgan fingerprint density at radius 2 is 1.77 bits per heavy atom.